The first-order valence-electron chi connectivity index (χ1n) is 13.1. The average Bonchev–Trinajstić information content (AvgIpc) is 2.96. The largest absolute Gasteiger partial charge is 0.505 e. The number of unbranched alkanes of at least 4 members (excludes halogenated alkanes) is 1. The Labute approximate surface area is 232 Å². The molecule has 11 nitrogen and oxygen atoms in total. The minimum Gasteiger partial charge on any atom is -0.505 e. The molecule has 1 aliphatic heterocycles. The number of amides is 2. The summed E-state index contributed by atoms with van der Waals surface area (Å²) in [6.45, 7) is 4.61. The Hall–Kier alpha value is -4.25. The molecule has 11 heteroatoms. The van der Waals surface area contributed by atoms with E-state index in [1.165, 1.54) is 25.1 Å². The number of hydrogen-bond donors (Lipinski definition) is 3. The normalized spacial score (nSPS) is 23.0. The minimum absolute atomic E-state index is 0.00315. The SMILES string of the molecule is CCCCC1C(=O)OC(C)C(NC(=O)c2cccc(NC=O)c2O)C(=O)OC(C)C1OCC(=O)c1ccccc1. The van der Waals surface area contributed by atoms with Crippen molar-refractivity contribution >= 4 is 35.7 Å². The van der Waals surface area contributed by atoms with E-state index in [2.05, 4.69) is 10.6 Å². The van der Waals surface area contributed by atoms with E-state index in [0.717, 1.165) is 6.42 Å². The van der Waals surface area contributed by atoms with Gasteiger partial charge in [0.25, 0.3) is 5.91 Å². The number of phenols is 1. The number of esters is 2. The summed E-state index contributed by atoms with van der Waals surface area (Å²) in [5, 5.41) is 15.1. The third kappa shape index (κ3) is 7.44. The molecule has 40 heavy (non-hydrogen) atoms. The van der Waals surface area contributed by atoms with E-state index in [1.807, 2.05) is 6.92 Å². The van der Waals surface area contributed by atoms with Crippen molar-refractivity contribution in [1.82, 2.24) is 5.32 Å². The number of cyclic esters (lactones) is 2. The molecule has 5 unspecified atom stereocenters. The number of hydrogen-bond acceptors (Lipinski definition) is 9. The van der Waals surface area contributed by atoms with Crippen molar-refractivity contribution in [3.63, 3.8) is 0 Å². The van der Waals surface area contributed by atoms with E-state index in [0.29, 0.717) is 24.8 Å². The predicted molar refractivity (Wildman–Crippen MR) is 144 cm³/mol. The maximum absolute atomic E-state index is 13.3. The molecule has 0 aromatic heterocycles. The summed E-state index contributed by atoms with van der Waals surface area (Å²) in [6, 6.07) is 11.2. The zero-order valence-electron chi connectivity index (χ0n) is 22.6. The zero-order valence-corrected chi connectivity index (χ0v) is 22.6. The second kappa shape index (κ2) is 14.2. The van der Waals surface area contributed by atoms with Gasteiger partial charge in [-0.3, -0.25) is 19.2 Å². The van der Waals surface area contributed by atoms with Crippen molar-refractivity contribution in [2.24, 2.45) is 5.92 Å². The minimum atomic E-state index is -1.42. The number of para-hydroxylation sites is 1. The number of rotatable bonds is 11. The maximum atomic E-state index is 13.3. The fourth-order valence-electron chi connectivity index (χ4n) is 4.45. The quantitative estimate of drug-likeness (QED) is 0.164. The van der Waals surface area contributed by atoms with Crippen LogP contribution in [0.3, 0.4) is 0 Å². The lowest BCUT2D eigenvalue weighted by Gasteiger charge is -2.29. The van der Waals surface area contributed by atoms with Gasteiger partial charge in [0.2, 0.25) is 6.41 Å². The number of ether oxygens (including phenoxy) is 3. The fourth-order valence-corrected chi connectivity index (χ4v) is 4.45. The molecule has 0 saturated carbocycles. The van der Waals surface area contributed by atoms with Gasteiger partial charge in [-0.05, 0) is 32.4 Å². The van der Waals surface area contributed by atoms with Gasteiger partial charge in [-0.1, -0.05) is 56.2 Å². The molecule has 0 spiro atoms. The lowest BCUT2D eigenvalue weighted by molar-refractivity contribution is -0.164. The fraction of sp³-hybridized carbons (Fsp3) is 0.414. The summed E-state index contributed by atoms with van der Waals surface area (Å²) < 4.78 is 17.2. The van der Waals surface area contributed by atoms with Gasteiger partial charge in [0, 0.05) is 5.56 Å². The van der Waals surface area contributed by atoms with Crippen molar-refractivity contribution in [3.05, 3.63) is 59.7 Å². The first-order chi connectivity index (χ1) is 19.2. The highest BCUT2D eigenvalue weighted by atomic mass is 16.6. The van der Waals surface area contributed by atoms with Crippen LogP contribution in [0.4, 0.5) is 5.69 Å². The van der Waals surface area contributed by atoms with Crippen LogP contribution in [0, 0.1) is 5.92 Å². The molecule has 1 fully saturated rings. The summed E-state index contributed by atoms with van der Waals surface area (Å²) in [6.07, 6.45) is -0.930. The lowest BCUT2D eigenvalue weighted by Crippen LogP contribution is -2.50. The zero-order chi connectivity index (χ0) is 29.2. The van der Waals surface area contributed by atoms with Gasteiger partial charge in [-0.2, -0.15) is 0 Å². The van der Waals surface area contributed by atoms with Gasteiger partial charge in [0.1, 0.15) is 24.9 Å². The summed E-state index contributed by atoms with van der Waals surface area (Å²) in [7, 11) is 0. The molecule has 1 saturated heterocycles. The third-order valence-corrected chi connectivity index (χ3v) is 6.64. The second-order valence-corrected chi connectivity index (χ2v) is 9.51. The van der Waals surface area contributed by atoms with Crippen LogP contribution >= 0.6 is 0 Å². The molecule has 2 aromatic rings. The van der Waals surface area contributed by atoms with Gasteiger partial charge in [0.05, 0.1) is 17.2 Å². The molecule has 1 heterocycles. The van der Waals surface area contributed by atoms with Gasteiger partial charge in [-0.25, -0.2) is 4.79 Å². The molecule has 0 bridgehead atoms. The highest BCUT2D eigenvalue weighted by Crippen LogP contribution is 2.28. The molecule has 1 aliphatic rings. The van der Waals surface area contributed by atoms with Crippen LogP contribution in [-0.4, -0.2) is 66.1 Å². The number of benzene rings is 2. The summed E-state index contributed by atoms with van der Waals surface area (Å²) in [5.41, 5.74) is 0.221. The Bertz CT molecular complexity index is 1220. The Morgan fingerprint density at radius 2 is 1.70 bits per heavy atom. The Balaban J connectivity index is 1.84. The molecule has 3 N–H and O–H groups in total. The molecule has 2 aromatic carbocycles. The van der Waals surface area contributed by atoms with Crippen LogP contribution in [0.1, 0.15) is 60.7 Å². The van der Waals surface area contributed by atoms with Crippen LogP contribution in [0.2, 0.25) is 0 Å². The summed E-state index contributed by atoms with van der Waals surface area (Å²) in [4.78, 5) is 63.1. The number of Topliss-reactive ketones (excluding diaryl/α,β-unsaturated/α-hetero) is 1. The molecular weight excluding hydrogens is 520 g/mol. The number of phenolic OH excluding ortho intramolecular Hbond substituents is 1. The molecule has 0 aliphatic carbocycles. The Kier molecular flexibility index (Phi) is 10.8. The maximum Gasteiger partial charge on any atom is 0.332 e. The number of aromatic hydroxyl groups is 1. The van der Waals surface area contributed by atoms with Crippen LogP contribution < -0.4 is 10.6 Å². The van der Waals surface area contributed by atoms with Gasteiger partial charge < -0.3 is 30.0 Å². The van der Waals surface area contributed by atoms with E-state index in [9.17, 15) is 29.1 Å². The number of nitrogens with one attached hydrogen (secondary N) is 2. The first kappa shape index (κ1) is 30.3. The highest BCUT2D eigenvalue weighted by molar-refractivity contribution is 6.01. The van der Waals surface area contributed by atoms with Crippen molar-refractivity contribution in [3.8, 4) is 5.75 Å². The van der Waals surface area contributed by atoms with Gasteiger partial charge in [-0.15, -0.1) is 0 Å². The van der Waals surface area contributed by atoms with Crippen molar-refractivity contribution in [2.45, 2.75) is 64.4 Å². The van der Waals surface area contributed by atoms with Crippen molar-refractivity contribution < 1.29 is 43.3 Å². The molecule has 3 rings (SSSR count). The molecule has 0 radical (unpaired) electrons. The number of carbonyl (C=O) groups excluding carboxylic acids is 5. The molecule has 214 valence electrons. The van der Waals surface area contributed by atoms with E-state index >= 15 is 0 Å². The standard InChI is InChI=1S/C29H34N2O9/c1-4-5-12-21-26(38-15-23(33)19-10-7-6-8-11-19)18(3)40-29(37)24(17(2)39-28(21)36)31-27(35)20-13-9-14-22(25(20)34)30-16-32/h6-11,13-14,16-18,21,24,26,34H,4-5,12,15H2,1-3H3,(H,30,32)(H,31,35). The molecule has 5 atom stereocenters. The van der Waals surface area contributed by atoms with Crippen molar-refractivity contribution in [1.29, 1.82) is 0 Å². The van der Waals surface area contributed by atoms with Crippen molar-refractivity contribution in [2.75, 3.05) is 11.9 Å². The Morgan fingerprint density at radius 3 is 2.38 bits per heavy atom. The van der Waals surface area contributed by atoms with Gasteiger partial charge in [0.15, 0.2) is 17.6 Å². The average molecular weight is 555 g/mol. The lowest BCUT2D eigenvalue weighted by atomic mass is 9.92. The highest BCUT2D eigenvalue weighted by Gasteiger charge is 2.42. The molecular formula is C29H34N2O9. The van der Waals surface area contributed by atoms with Crippen LogP contribution in [0.15, 0.2) is 48.5 Å². The van der Waals surface area contributed by atoms with Crippen LogP contribution in [-0.2, 0) is 28.6 Å². The smallest absolute Gasteiger partial charge is 0.332 e. The molecule has 2 amide bonds. The third-order valence-electron chi connectivity index (χ3n) is 6.64. The number of carbonyl (C=O) groups is 5. The van der Waals surface area contributed by atoms with Crippen LogP contribution in [0.25, 0.3) is 0 Å². The van der Waals surface area contributed by atoms with Crippen LogP contribution in [0.5, 0.6) is 5.75 Å². The predicted octanol–water partition coefficient (Wildman–Crippen LogP) is 3.01. The van der Waals surface area contributed by atoms with E-state index in [1.54, 1.807) is 37.3 Å². The first-order valence-corrected chi connectivity index (χ1v) is 13.1. The second-order valence-electron chi connectivity index (χ2n) is 9.51. The number of anilines is 1. The Morgan fingerprint density at radius 1 is 1.00 bits per heavy atom. The topological polar surface area (TPSA) is 157 Å². The van der Waals surface area contributed by atoms with E-state index < -0.39 is 53.9 Å². The monoisotopic (exact) mass is 554 g/mol. The van der Waals surface area contributed by atoms with E-state index in [-0.39, 0.29) is 23.6 Å². The number of ketones is 1. The van der Waals surface area contributed by atoms with E-state index in [4.69, 9.17) is 14.2 Å². The van der Waals surface area contributed by atoms with Gasteiger partial charge >= 0.3 is 11.9 Å². The summed E-state index contributed by atoms with van der Waals surface area (Å²) >= 11 is 0. The summed E-state index contributed by atoms with van der Waals surface area (Å²) in [5.74, 6) is -4.03.